The van der Waals surface area contributed by atoms with Gasteiger partial charge in [-0.25, -0.2) is 9.98 Å². The molecule has 1 heterocycles. The summed E-state index contributed by atoms with van der Waals surface area (Å²) in [4.78, 5) is 7.60. The number of amidine groups is 1. The molecule has 0 radical (unpaired) electrons. The van der Waals surface area contributed by atoms with Gasteiger partial charge in [0.05, 0.1) is 5.71 Å². The second-order valence-corrected chi connectivity index (χ2v) is 5.58. The van der Waals surface area contributed by atoms with Crippen LogP contribution in [0.3, 0.4) is 0 Å². The Hall–Kier alpha value is -1.64. The van der Waals surface area contributed by atoms with Crippen LogP contribution in [-0.4, -0.2) is 11.0 Å². The molecule has 2 aromatic rings. The minimum atomic E-state index is -1.05. The Labute approximate surface area is 127 Å². The van der Waals surface area contributed by atoms with Crippen LogP contribution in [0, 0.1) is 6.92 Å². The highest BCUT2D eigenvalue weighted by molar-refractivity contribution is 6.67. The van der Waals surface area contributed by atoms with E-state index in [0.29, 0.717) is 5.71 Å². The van der Waals surface area contributed by atoms with E-state index >= 15 is 0 Å². The first-order chi connectivity index (χ1) is 9.59. The van der Waals surface area contributed by atoms with Gasteiger partial charge in [0.15, 0.2) is 0 Å². The zero-order valence-electron chi connectivity index (χ0n) is 10.8. The number of benzene rings is 2. The molecule has 0 spiro atoms. The van der Waals surface area contributed by atoms with E-state index in [1.807, 2.05) is 61.5 Å². The first-order valence-electron chi connectivity index (χ1n) is 6.25. The highest BCUT2D eigenvalue weighted by atomic mass is 35.5. The van der Waals surface area contributed by atoms with E-state index in [4.69, 9.17) is 23.2 Å². The molecule has 2 aromatic carbocycles. The molecule has 0 N–H and O–H groups in total. The lowest BCUT2D eigenvalue weighted by Crippen LogP contribution is -2.26. The summed E-state index contributed by atoms with van der Waals surface area (Å²) in [6.45, 7) is 2.03. The molecule has 1 aliphatic rings. The van der Waals surface area contributed by atoms with E-state index in [2.05, 4.69) is 9.98 Å². The predicted molar refractivity (Wildman–Crippen MR) is 85.0 cm³/mol. The van der Waals surface area contributed by atoms with E-state index in [1.165, 1.54) is 0 Å². The SMILES string of the molecule is Cc1cccc(C2=NC(Cl)=NC2(Cl)c2ccccc2)c1. The van der Waals surface area contributed by atoms with Gasteiger partial charge >= 0.3 is 0 Å². The van der Waals surface area contributed by atoms with E-state index in [-0.39, 0.29) is 5.29 Å². The van der Waals surface area contributed by atoms with Crippen molar-refractivity contribution in [1.29, 1.82) is 0 Å². The van der Waals surface area contributed by atoms with Crippen LogP contribution in [0.4, 0.5) is 0 Å². The lowest BCUT2D eigenvalue weighted by Gasteiger charge is -2.21. The van der Waals surface area contributed by atoms with Crippen molar-refractivity contribution < 1.29 is 0 Å². The molecule has 1 unspecified atom stereocenters. The van der Waals surface area contributed by atoms with Gasteiger partial charge in [0.2, 0.25) is 10.3 Å². The van der Waals surface area contributed by atoms with Crippen LogP contribution in [0.25, 0.3) is 0 Å². The van der Waals surface area contributed by atoms with Gasteiger partial charge in [-0.2, -0.15) is 0 Å². The quantitative estimate of drug-likeness (QED) is 0.577. The maximum absolute atomic E-state index is 6.74. The Balaban J connectivity index is 2.14. The van der Waals surface area contributed by atoms with Gasteiger partial charge in [-0.1, -0.05) is 71.8 Å². The number of aryl methyl sites for hydroxylation is 1. The maximum Gasteiger partial charge on any atom is 0.220 e. The largest absolute Gasteiger partial charge is 0.221 e. The molecule has 0 fully saturated rings. The fraction of sp³-hybridized carbons (Fsp3) is 0.125. The molecular weight excluding hydrogens is 291 g/mol. The number of halogens is 2. The number of hydrogen-bond acceptors (Lipinski definition) is 2. The first-order valence-corrected chi connectivity index (χ1v) is 7.01. The highest BCUT2D eigenvalue weighted by Gasteiger charge is 2.40. The third-order valence-corrected chi connectivity index (χ3v) is 3.86. The molecule has 0 aromatic heterocycles. The van der Waals surface area contributed by atoms with Gasteiger partial charge in [-0.3, -0.25) is 0 Å². The third-order valence-electron chi connectivity index (χ3n) is 3.21. The second-order valence-electron chi connectivity index (χ2n) is 4.70. The molecule has 0 aliphatic carbocycles. The Morgan fingerprint density at radius 2 is 1.75 bits per heavy atom. The van der Waals surface area contributed by atoms with E-state index in [0.717, 1.165) is 16.7 Å². The summed E-state index contributed by atoms with van der Waals surface area (Å²) in [6, 6.07) is 17.6. The van der Waals surface area contributed by atoms with Gasteiger partial charge in [-0.05, 0) is 18.5 Å². The fourth-order valence-corrected chi connectivity index (χ4v) is 2.89. The molecule has 2 nitrogen and oxygen atoms in total. The van der Waals surface area contributed by atoms with Crippen molar-refractivity contribution in [2.75, 3.05) is 0 Å². The standard InChI is InChI=1S/C16H12Cl2N2/c1-11-6-5-7-12(10-11)14-16(18,20-15(17)19-14)13-8-3-2-4-9-13/h2-10H,1H3. The molecule has 100 valence electrons. The number of aliphatic imine (C=N–C) groups is 2. The Kier molecular flexibility index (Phi) is 3.36. The van der Waals surface area contributed by atoms with E-state index in [9.17, 15) is 0 Å². The number of hydrogen-bond donors (Lipinski definition) is 0. The molecule has 0 bridgehead atoms. The lowest BCUT2D eigenvalue weighted by molar-refractivity contribution is 0.887. The monoisotopic (exact) mass is 302 g/mol. The Morgan fingerprint density at radius 1 is 1.00 bits per heavy atom. The van der Waals surface area contributed by atoms with Crippen molar-refractivity contribution in [3.8, 4) is 0 Å². The van der Waals surface area contributed by atoms with Crippen molar-refractivity contribution in [2.45, 2.75) is 11.9 Å². The zero-order chi connectivity index (χ0) is 14.2. The first kappa shape index (κ1) is 13.3. The van der Waals surface area contributed by atoms with Crippen LogP contribution in [0.15, 0.2) is 64.6 Å². The Bertz CT molecular complexity index is 707. The summed E-state index contributed by atoms with van der Waals surface area (Å²) in [5.41, 5.74) is 3.60. The average Bonchev–Trinajstić information content (AvgIpc) is 2.76. The summed E-state index contributed by atoms with van der Waals surface area (Å²) < 4.78 is 0. The number of rotatable bonds is 2. The lowest BCUT2D eigenvalue weighted by atomic mass is 9.96. The molecule has 20 heavy (non-hydrogen) atoms. The fourth-order valence-electron chi connectivity index (χ4n) is 2.28. The molecule has 4 heteroatoms. The van der Waals surface area contributed by atoms with Crippen LogP contribution in [0.5, 0.6) is 0 Å². The van der Waals surface area contributed by atoms with Crippen LogP contribution in [0.2, 0.25) is 0 Å². The molecule has 1 aliphatic heterocycles. The van der Waals surface area contributed by atoms with Crippen LogP contribution >= 0.6 is 23.2 Å². The maximum atomic E-state index is 6.74. The topological polar surface area (TPSA) is 24.7 Å². The summed E-state index contributed by atoms with van der Waals surface area (Å²) in [5, 5.41) is 0.181. The number of alkyl halides is 1. The summed E-state index contributed by atoms with van der Waals surface area (Å²) >= 11 is 12.8. The summed E-state index contributed by atoms with van der Waals surface area (Å²) in [5.74, 6) is 0. The van der Waals surface area contributed by atoms with E-state index in [1.54, 1.807) is 0 Å². The van der Waals surface area contributed by atoms with Crippen LogP contribution in [0.1, 0.15) is 16.7 Å². The third kappa shape index (κ3) is 2.26. The Morgan fingerprint density at radius 3 is 2.45 bits per heavy atom. The van der Waals surface area contributed by atoms with Gasteiger partial charge in [0.1, 0.15) is 0 Å². The van der Waals surface area contributed by atoms with E-state index < -0.39 is 5.00 Å². The molecule has 1 atom stereocenters. The normalized spacial score (nSPS) is 21.6. The van der Waals surface area contributed by atoms with Crippen molar-refractivity contribution in [1.82, 2.24) is 0 Å². The molecule has 3 rings (SSSR count). The van der Waals surface area contributed by atoms with Crippen molar-refractivity contribution in [3.05, 3.63) is 71.3 Å². The second kappa shape index (κ2) is 5.04. The summed E-state index contributed by atoms with van der Waals surface area (Å²) in [7, 11) is 0. The van der Waals surface area contributed by atoms with Crippen molar-refractivity contribution in [2.24, 2.45) is 9.98 Å². The zero-order valence-corrected chi connectivity index (χ0v) is 12.4. The van der Waals surface area contributed by atoms with Gasteiger partial charge in [-0.15, -0.1) is 0 Å². The highest BCUT2D eigenvalue weighted by Crippen LogP contribution is 2.39. The van der Waals surface area contributed by atoms with Crippen LogP contribution < -0.4 is 0 Å². The minimum absolute atomic E-state index is 0.181. The average molecular weight is 303 g/mol. The minimum Gasteiger partial charge on any atom is -0.221 e. The van der Waals surface area contributed by atoms with Crippen molar-refractivity contribution >= 4 is 34.2 Å². The number of nitrogens with zero attached hydrogens (tertiary/aromatic N) is 2. The van der Waals surface area contributed by atoms with Crippen molar-refractivity contribution in [3.63, 3.8) is 0 Å². The smallest absolute Gasteiger partial charge is 0.220 e. The van der Waals surface area contributed by atoms with Gasteiger partial charge in [0.25, 0.3) is 0 Å². The van der Waals surface area contributed by atoms with Gasteiger partial charge < -0.3 is 0 Å². The summed E-state index contributed by atoms with van der Waals surface area (Å²) in [6.07, 6.45) is 0. The van der Waals surface area contributed by atoms with Crippen LogP contribution in [-0.2, 0) is 5.00 Å². The predicted octanol–water partition coefficient (Wildman–Crippen LogP) is 4.48. The molecule has 0 amide bonds. The molecule has 0 saturated carbocycles. The molecule has 0 saturated heterocycles. The van der Waals surface area contributed by atoms with Gasteiger partial charge in [0, 0.05) is 11.1 Å². The molecular formula is C16H12Cl2N2.